The summed E-state index contributed by atoms with van der Waals surface area (Å²) >= 11 is 0. The molecule has 108 valence electrons. The van der Waals surface area contributed by atoms with Gasteiger partial charge in [-0.15, -0.1) is 0 Å². The van der Waals surface area contributed by atoms with Crippen LogP contribution in [0.15, 0.2) is 29.4 Å². The molecule has 1 amide bonds. The third-order valence-electron chi connectivity index (χ3n) is 3.56. The number of hydrogen-bond acceptors (Lipinski definition) is 3. The van der Waals surface area contributed by atoms with Gasteiger partial charge >= 0.3 is 0 Å². The second-order valence-electron chi connectivity index (χ2n) is 5.07. The van der Waals surface area contributed by atoms with E-state index in [0.29, 0.717) is 6.61 Å². The van der Waals surface area contributed by atoms with Gasteiger partial charge in [0.25, 0.3) is 0 Å². The minimum Gasteiger partial charge on any atom is -0.494 e. The van der Waals surface area contributed by atoms with Gasteiger partial charge in [0.2, 0.25) is 5.91 Å². The van der Waals surface area contributed by atoms with Crippen molar-refractivity contribution in [2.45, 2.75) is 39.0 Å². The Kier molecular flexibility index (Phi) is 5.59. The lowest BCUT2D eigenvalue weighted by Gasteiger charge is -2.19. The van der Waals surface area contributed by atoms with Crippen molar-refractivity contribution in [2.24, 2.45) is 11.0 Å². The summed E-state index contributed by atoms with van der Waals surface area (Å²) in [7, 11) is 0. The molecule has 0 radical (unpaired) electrons. The van der Waals surface area contributed by atoms with Crippen molar-refractivity contribution < 1.29 is 9.53 Å². The van der Waals surface area contributed by atoms with Crippen molar-refractivity contribution in [1.82, 2.24) is 5.43 Å². The zero-order valence-electron chi connectivity index (χ0n) is 12.0. The topological polar surface area (TPSA) is 50.7 Å². The Balaban J connectivity index is 1.81. The molecule has 1 saturated carbocycles. The van der Waals surface area contributed by atoms with Crippen molar-refractivity contribution >= 4 is 12.1 Å². The van der Waals surface area contributed by atoms with E-state index >= 15 is 0 Å². The highest BCUT2D eigenvalue weighted by Crippen LogP contribution is 2.23. The molecule has 1 aliphatic rings. The molecule has 4 heteroatoms. The number of hydrogen-bond donors (Lipinski definition) is 1. The molecule has 0 atom stereocenters. The fraction of sp³-hybridized carbons (Fsp3) is 0.500. The van der Waals surface area contributed by atoms with Gasteiger partial charge < -0.3 is 4.74 Å². The number of carbonyl (C=O) groups is 1. The van der Waals surface area contributed by atoms with E-state index in [4.69, 9.17) is 4.74 Å². The average molecular weight is 274 g/mol. The van der Waals surface area contributed by atoms with Gasteiger partial charge in [-0.3, -0.25) is 4.79 Å². The molecule has 1 aromatic carbocycles. The van der Waals surface area contributed by atoms with E-state index in [0.717, 1.165) is 37.0 Å². The van der Waals surface area contributed by atoms with E-state index in [1.807, 2.05) is 31.2 Å². The lowest BCUT2D eigenvalue weighted by Crippen LogP contribution is -2.28. The normalized spacial score (nSPS) is 16.2. The zero-order chi connectivity index (χ0) is 14.2. The van der Waals surface area contributed by atoms with Gasteiger partial charge in [0.15, 0.2) is 0 Å². The molecule has 0 heterocycles. The van der Waals surface area contributed by atoms with E-state index in [-0.39, 0.29) is 11.8 Å². The third kappa shape index (κ3) is 4.37. The van der Waals surface area contributed by atoms with Crippen LogP contribution in [0.5, 0.6) is 5.75 Å². The Morgan fingerprint density at radius 3 is 2.65 bits per heavy atom. The molecule has 1 aliphatic carbocycles. The van der Waals surface area contributed by atoms with Gasteiger partial charge in [-0.2, -0.15) is 5.10 Å². The second kappa shape index (κ2) is 7.68. The van der Waals surface area contributed by atoms with Gasteiger partial charge in [0.1, 0.15) is 5.75 Å². The number of benzene rings is 1. The minimum atomic E-state index is 0.0480. The highest BCUT2D eigenvalue weighted by atomic mass is 16.5. The molecule has 1 fully saturated rings. The van der Waals surface area contributed by atoms with Crippen molar-refractivity contribution in [2.75, 3.05) is 6.61 Å². The van der Waals surface area contributed by atoms with Crippen LogP contribution in [0.2, 0.25) is 0 Å². The van der Waals surface area contributed by atoms with Gasteiger partial charge in [0, 0.05) is 5.92 Å². The third-order valence-corrected chi connectivity index (χ3v) is 3.56. The van der Waals surface area contributed by atoms with Crippen LogP contribution in [-0.4, -0.2) is 18.7 Å². The summed E-state index contributed by atoms with van der Waals surface area (Å²) in [6.45, 7) is 2.61. The summed E-state index contributed by atoms with van der Waals surface area (Å²) in [5.74, 6) is 1.03. The molecule has 0 aliphatic heterocycles. The number of amides is 1. The summed E-state index contributed by atoms with van der Waals surface area (Å²) in [5, 5.41) is 4.03. The smallest absolute Gasteiger partial charge is 0.243 e. The maximum Gasteiger partial charge on any atom is 0.243 e. The van der Waals surface area contributed by atoms with E-state index in [9.17, 15) is 4.79 Å². The molecule has 4 nitrogen and oxygen atoms in total. The minimum absolute atomic E-state index is 0.0480. The van der Waals surface area contributed by atoms with Crippen molar-refractivity contribution in [3.05, 3.63) is 29.8 Å². The maximum absolute atomic E-state index is 11.9. The fourth-order valence-electron chi connectivity index (χ4n) is 2.44. The van der Waals surface area contributed by atoms with Gasteiger partial charge in [0.05, 0.1) is 12.8 Å². The standard InChI is InChI=1S/C16H22N2O2/c1-2-20-15-10-8-13(9-11-15)12-17-18-16(19)14-6-4-3-5-7-14/h8-12,14H,2-7H2,1H3,(H,18,19)/b17-12-. The van der Waals surface area contributed by atoms with E-state index in [2.05, 4.69) is 10.5 Å². The largest absolute Gasteiger partial charge is 0.494 e. The van der Waals surface area contributed by atoms with Crippen molar-refractivity contribution in [3.63, 3.8) is 0 Å². The van der Waals surface area contributed by atoms with E-state index in [1.165, 1.54) is 6.42 Å². The van der Waals surface area contributed by atoms with Crippen molar-refractivity contribution in [1.29, 1.82) is 0 Å². The Morgan fingerprint density at radius 1 is 1.30 bits per heavy atom. The first kappa shape index (κ1) is 14.6. The second-order valence-corrected chi connectivity index (χ2v) is 5.07. The van der Waals surface area contributed by atoms with Crippen LogP contribution < -0.4 is 10.2 Å². The molecular weight excluding hydrogens is 252 g/mol. The molecule has 1 aromatic rings. The van der Waals surface area contributed by atoms with Gasteiger partial charge in [-0.25, -0.2) is 5.43 Å². The molecular formula is C16H22N2O2. The molecule has 0 bridgehead atoms. The van der Waals surface area contributed by atoms with Crippen LogP contribution in [-0.2, 0) is 4.79 Å². The number of rotatable bonds is 5. The van der Waals surface area contributed by atoms with Crippen LogP contribution in [0.25, 0.3) is 0 Å². The molecule has 0 saturated heterocycles. The summed E-state index contributed by atoms with van der Waals surface area (Å²) in [6.07, 6.45) is 7.20. The first-order valence-corrected chi connectivity index (χ1v) is 7.35. The molecule has 0 unspecified atom stereocenters. The predicted octanol–water partition coefficient (Wildman–Crippen LogP) is 3.12. The van der Waals surface area contributed by atoms with Crippen LogP contribution >= 0.6 is 0 Å². The molecule has 1 N–H and O–H groups in total. The Bertz CT molecular complexity index is 448. The van der Waals surface area contributed by atoms with Crippen LogP contribution in [0.4, 0.5) is 0 Å². The van der Waals surface area contributed by atoms with Gasteiger partial charge in [-0.05, 0) is 49.6 Å². The first-order chi connectivity index (χ1) is 9.79. The summed E-state index contributed by atoms with van der Waals surface area (Å²) in [6, 6.07) is 7.63. The summed E-state index contributed by atoms with van der Waals surface area (Å²) in [5.41, 5.74) is 3.58. The molecule has 2 rings (SSSR count). The van der Waals surface area contributed by atoms with Crippen LogP contribution in [0.3, 0.4) is 0 Å². The average Bonchev–Trinajstić information content (AvgIpc) is 2.50. The highest BCUT2D eigenvalue weighted by Gasteiger charge is 2.20. The lowest BCUT2D eigenvalue weighted by atomic mass is 9.89. The number of nitrogens with zero attached hydrogens (tertiary/aromatic N) is 1. The quantitative estimate of drug-likeness (QED) is 0.662. The predicted molar refractivity (Wildman–Crippen MR) is 79.9 cm³/mol. The molecule has 0 spiro atoms. The maximum atomic E-state index is 11.9. The Hall–Kier alpha value is -1.84. The first-order valence-electron chi connectivity index (χ1n) is 7.35. The highest BCUT2D eigenvalue weighted by molar-refractivity contribution is 5.83. The summed E-state index contributed by atoms with van der Waals surface area (Å²) in [4.78, 5) is 11.9. The lowest BCUT2D eigenvalue weighted by molar-refractivity contribution is -0.125. The van der Waals surface area contributed by atoms with E-state index < -0.39 is 0 Å². The number of nitrogens with one attached hydrogen (secondary N) is 1. The van der Waals surface area contributed by atoms with Crippen LogP contribution in [0, 0.1) is 5.92 Å². The Labute approximate surface area is 120 Å². The van der Waals surface area contributed by atoms with Crippen molar-refractivity contribution in [3.8, 4) is 5.75 Å². The van der Waals surface area contributed by atoms with Crippen LogP contribution in [0.1, 0.15) is 44.6 Å². The fourth-order valence-corrected chi connectivity index (χ4v) is 2.44. The van der Waals surface area contributed by atoms with Gasteiger partial charge in [-0.1, -0.05) is 19.3 Å². The number of carbonyl (C=O) groups excluding carboxylic acids is 1. The summed E-state index contributed by atoms with van der Waals surface area (Å²) < 4.78 is 5.37. The SMILES string of the molecule is CCOc1ccc(/C=N\NC(=O)C2CCCCC2)cc1. The van der Waals surface area contributed by atoms with E-state index in [1.54, 1.807) is 6.21 Å². The Morgan fingerprint density at radius 2 is 2.00 bits per heavy atom. The number of ether oxygens (including phenoxy) is 1. The monoisotopic (exact) mass is 274 g/mol. The zero-order valence-corrected chi connectivity index (χ0v) is 12.0. The molecule has 0 aromatic heterocycles. The molecule has 20 heavy (non-hydrogen) atoms. The number of hydrazone groups is 1.